The third-order valence-electron chi connectivity index (χ3n) is 3.00. The molecule has 1 fully saturated rings. The minimum atomic E-state index is -0.0737. The number of hydrogen-bond donors (Lipinski definition) is 0. The van der Waals surface area contributed by atoms with Crippen LogP contribution in [0.15, 0.2) is 6.20 Å². The zero-order chi connectivity index (χ0) is 12.4. The molecule has 0 aromatic carbocycles. The van der Waals surface area contributed by atoms with E-state index in [-0.39, 0.29) is 17.7 Å². The highest BCUT2D eigenvalue weighted by Gasteiger charge is 2.28. The molecule has 0 amide bonds. The summed E-state index contributed by atoms with van der Waals surface area (Å²) in [6.07, 6.45) is 3.35. The Labute approximate surface area is 106 Å². The third-order valence-corrected chi connectivity index (χ3v) is 3.28. The first-order valence-corrected chi connectivity index (χ1v) is 6.34. The fourth-order valence-corrected chi connectivity index (χ4v) is 2.33. The maximum Gasteiger partial charge on any atom is 0.187 e. The molecule has 0 saturated carbocycles. The number of ether oxygens (including phenoxy) is 1. The minimum Gasteiger partial charge on any atom is -0.381 e. The molecule has 4 nitrogen and oxygen atoms in total. The molecule has 0 spiro atoms. The second-order valence-corrected chi connectivity index (χ2v) is 5.06. The number of Topliss-reactive ketones (excluding diaryl/α,β-unsaturated/α-hetero) is 1. The van der Waals surface area contributed by atoms with Gasteiger partial charge in [-0.25, -0.2) is 0 Å². The number of aromatic nitrogens is 2. The van der Waals surface area contributed by atoms with Crippen LogP contribution < -0.4 is 0 Å². The topological polar surface area (TPSA) is 44.1 Å². The molecule has 94 valence electrons. The number of carbonyl (C=O) groups is 1. The number of nitrogens with zero attached hydrogens (tertiary/aromatic N) is 2. The normalized spacial score (nSPS) is 20.8. The molecule has 17 heavy (non-hydrogen) atoms. The van der Waals surface area contributed by atoms with Gasteiger partial charge in [-0.2, -0.15) is 5.10 Å². The van der Waals surface area contributed by atoms with Gasteiger partial charge in [0.05, 0.1) is 17.8 Å². The SMILES string of the molecule is CC(C)n1ncc(Cl)c1C(=O)C1CCCOC1. The summed E-state index contributed by atoms with van der Waals surface area (Å²) in [5, 5.41) is 4.59. The number of rotatable bonds is 3. The molecular formula is C12H17ClN2O2. The van der Waals surface area contributed by atoms with E-state index < -0.39 is 0 Å². The molecular weight excluding hydrogens is 240 g/mol. The van der Waals surface area contributed by atoms with E-state index in [1.165, 1.54) is 0 Å². The van der Waals surface area contributed by atoms with Crippen molar-refractivity contribution in [3.05, 3.63) is 16.9 Å². The monoisotopic (exact) mass is 256 g/mol. The summed E-state index contributed by atoms with van der Waals surface area (Å²) < 4.78 is 7.04. The number of halogens is 1. The van der Waals surface area contributed by atoms with Crippen molar-refractivity contribution in [3.8, 4) is 0 Å². The molecule has 1 aliphatic heterocycles. The van der Waals surface area contributed by atoms with Crippen molar-refractivity contribution in [2.45, 2.75) is 32.7 Å². The molecule has 1 saturated heterocycles. The van der Waals surface area contributed by atoms with Gasteiger partial charge in [0.25, 0.3) is 0 Å². The summed E-state index contributed by atoms with van der Waals surface area (Å²) in [6, 6.07) is 0.131. The molecule has 1 unspecified atom stereocenters. The maximum absolute atomic E-state index is 12.4. The van der Waals surface area contributed by atoms with Crippen LogP contribution in [0.3, 0.4) is 0 Å². The van der Waals surface area contributed by atoms with Crippen LogP contribution in [0.5, 0.6) is 0 Å². The molecule has 0 radical (unpaired) electrons. The lowest BCUT2D eigenvalue weighted by molar-refractivity contribution is 0.0453. The Balaban J connectivity index is 2.26. The predicted molar refractivity (Wildman–Crippen MR) is 65.5 cm³/mol. The van der Waals surface area contributed by atoms with E-state index in [4.69, 9.17) is 16.3 Å². The van der Waals surface area contributed by atoms with Crippen molar-refractivity contribution >= 4 is 17.4 Å². The van der Waals surface area contributed by atoms with Crippen LogP contribution in [0, 0.1) is 5.92 Å². The van der Waals surface area contributed by atoms with Gasteiger partial charge < -0.3 is 4.74 Å². The van der Waals surface area contributed by atoms with Crippen LogP contribution in [0.1, 0.15) is 43.2 Å². The zero-order valence-corrected chi connectivity index (χ0v) is 10.9. The van der Waals surface area contributed by atoms with Gasteiger partial charge in [0.15, 0.2) is 5.78 Å². The third kappa shape index (κ3) is 2.53. The molecule has 1 aromatic heterocycles. The molecule has 1 aliphatic rings. The van der Waals surface area contributed by atoms with E-state index in [9.17, 15) is 4.79 Å². The fraction of sp³-hybridized carbons (Fsp3) is 0.667. The van der Waals surface area contributed by atoms with Crippen molar-refractivity contribution < 1.29 is 9.53 Å². The first kappa shape index (κ1) is 12.6. The van der Waals surface area contributed by atoms with Crippen LogP contribution in [-0.2, 0) is 4.74 Å². The van der Waals surface area contributed by atoms with Crippen molar-refractivity contribution in [1.82, 2.24) is 9.78 Å². The molecule has 5 heteroatoms. The van der Waals surface area contributed by atoms with Crippen LogP contribution in [0.2, 0.25) is 5.02 Å². The number of carbonyl (C=O) groups excluding carboxylic acids is 1. The Hall–Kier alpha value is -0.870. The summed E-state index contributed by atoms with van der Waals surface area (Å²) in [4.78, 5) is 12.4. The highest BCUT2D eigenvalue weighted by molar-refractivity contribution is 6.33. The average molecular weight is 257 g/mol. The lowest BCUT2D eigenvalue weighted by Crippen LogP contribution is -2.27. The Bertz CT molecular complexity index is 409. The van der Waals surface area contributed by atoms with Crippen molar-refractivity contribution in [1.29, 1.82) is 0 Å². The largest absolute Gasteiger partial charge is 0.381 e. The van der Waals surface area contributed by atoms with Crippen LogP contribution in [0.25, 0.3) is 0 Å². The van der Waals surface area contributed by atoms with E-state index in [0.717, 1.165) is 19.4 Å². The van der Waals surface area contributed by atoms with Gasteiger partial charge in [0.2, 0.25) is 0 Å². The van der Waals surface area contributed by atoms with Crippen LogP contribution in [-0.4, -0.2) is 28.8 Å². The Morgan fingerprint density at radius 1 is 1.65 bits per heavy atom. The summed E-state index contributed by atoms with van der Waals surface area (Å²) in [7, 11) is 0. The number of ketones is 1. The standard InChI is InChI=1S/C12H17ClN2O2/c1-8(2)15-11(10(13)6-14-15)12(16)9-4-3-5-17-7-9/h6,8-9H,3-5,7H2,1-2H3. The lowest BCUT2D eigenvalue weighted by atomic mass is 9.95. The quantitative estimate of drug-likeness (QED) is 0.781. The first-order valence-electron chi connectivity index (χ1n) is 5.96. The van der Waals surface area contributed by atoms with Crippen LogP contribution in [0.4, 0.5) is 0 Å². The molecule has 0 aliphatic carbocycles. The summed E-state index contributed by atoms with van der Waals surface area (Å²) >= 11 is 6.06. The number of hydrogen-bond acceptors (Lipinski definition) is 3. The Morgan fingerprint density at radius 3 is 3.00 bits per heavy atom. The molecule has 2 rings (SSSR count). The molecule has 0 N–H and O–H groups in total. The van der Waals surface area contributed by atoms with E-state index in [1.807, 2.05) is 13.8 Å². The average Bonchev–Trinajstić information content (AvgIpc) is 2.71. The van der Waals surface area contributed by atoms with Gasteiger partial charge in [0, 0.05) is 18.6 Å². The van der Waals surface area contributed by atoms with E-state index in [0.29, 0.717) is 17.3 Å². The summed E-state index contributed by atoms with van der Waals surface area (Å²) in [5.74, 6) is -0.0173. The van der Waals surface area contributed by atoms with Crippen molar-refractivity contribution in [2.75, 3.05) is 13.2 Å². The minimum absolute atomic E-state index is 0.0564. The Morgan fingerprint density at radius 2 is 2.41 bits per heavy atom. The highest BCUT2D eigenvalue weighted by atomic mass is 35.5. The molecule has 2 heterocycles. The Kier molecular flexibility index (Phi) is 3.84. The molecule has 1 aromatic rings. The smallest absolute Gasteiger partial charge is 0.187 e. The molecule has 1 atom stereocenters. The van der Waals surface area contributed by atoms with E-state index in [1.54, 1.807) is 10.9 Å². The van der Waals surface area contributed by atoms with Gasteiger partial charge in [0.1, 0.15) is 5.69 Å². The fourth-order valence-electron chi connectivity index (χ4n) is 2.10. The first-order chi connectivity index (χ1) is 8.11. The maximum atomic E-state index is 12.4. The van der Waals surface area contributed by atoms with Crippen molar-refractivity contribution in [3.63, 3.8) is 0 Å². The zero-order valence-electron chi connectivity index (χ0n) is 10.1. The van der Waals surface area contributed by atoms with Crippen LogP contribution >= 0.6 is 11.6 Å². The van der Waals surface area contributed by atoms with Gasteiger partial charge in [-0.15, -0.1) is 0 Å². The second-order valence-electron chi connectivity index (χ2n) is 4.66. The second kappa shape index (κ2) is 5.19. The summed E-state index contributed by atoms with van der Waals surface area (Å²) in [6.45, 7) is 5.22. The van der Waals surface area contributed by atoms with Gasteiger partial charge in [-0.1, -0.05) is 11.6 Å². The summed E-state index contributed by atoms with van der Waals surface area (Å²) in [5.41, 5.74) is 0.525. The highest BCUT2D eigenvalue weighted by Crippen LogP contribution is 2.25. The van der Waals surface area contributed by atoms with Crippen molar-refractivity contribution in [2.24, 2.45) is 5.92 Å². The predicted octanol–water partition coefficient (Wildman–Crippen LogP) is 2.73. The van der Waals surface area contributed by atoms with Gasteiger partial charge >= 0.3 is 0 Å². The molecule has 0 bridgehead atoms. The van der Waals surface area contributed by atoms with E-state index in [2.05, 4.69) is 5.10 Å². The van der Waals surface area contributed by atoms with Gasteiger partial charge in [-0.3, -0.25) is 9.48 Å². The van der Waals surface area contributed by atoms with E-state index >= 15 is 0 Å². The van der Waals surface area contributed by atoms with Gasteiger partial charge in [-0.05, 0) is 26.7 Å². The lowest BCUT2D eigenvalue weighted by Gasteiger charge is -2.21.